The highest BCUT2D eigenvalue weighted by molar-refractivity contribution is 6.46. The van der Waals surface area contributed by atoms with Crippen molar-refractivity contribution >= 4 is 17.4 Å². The van der Waals surface area contributed by atoms with E-state index < -0.39 is 17.7 Å². The van der Waals surface area contributed by atoms with Crippen molar-refractivity contribution in [2.45, 2.75) is 39.7 Å². The molecule has 0 unspecified atom stereocenters. The summed E-state index contributed by atoms with van der Waals surface area (Å²) in [6, 6.07) is 9.85. The van der Waals surface area contributed by atoms with Crippen LogP contribution in [0, 0.1) is 0 Å². The fraction of sp³-hybridized carbons (Fsp3) is 0.423. The van der Waals surface area contributed by atoms with E-state index in [0.717, 1.165) is 25.9 Å². The van der Waals surface area contributed by atoms with Gasteiger partial charge in [0.2, 0.25) is 0 Å². The number of amides is 1. The Morgan fingerprint density at radius 3 is 2.45 bits per heavy atom. The Bertz CT molecular complexity index is 969. The van der Waals surface area contributed by atoms with Crippen molar-refractivity contribution in [1.82, 2.24) is 14.8 Å². The first-order chi connectivity index (χ1) is 16.0. The van der Waals surface area contributed by atoms with Crippen molar-refractivity contribution in [1.29, 1.82) is 0 Å². The maximum absolute atomic E-state index is 13.1. The maximum Gasteiger partial charge on any atom is 0.295 e. The number of hydrogen-bond acceptors (Lipinski definition) is 6. The highest BCUT2D eigenvalue weighted by Crippen LogP contribution is 2.39. The third kappa shape index (κ3) is 5.60. The van der Waals surface area contributed by atoms with Crippen LogP contribution < -0.4 is 4.74 Å². The summed E-state index contributed by atoms with van der Waals surface area (Å²) in [6.07, 6.45) is 5.28. The number of carbonyl (C=O) groups excluding carboxylic acids is 2. The number of benzene rings is 1. The minimum atomic E-state index is -0.685. The number of rotatable bonds is 11. The van der Waals surface area contributed by atoms with Gasteiger partial charge in [-0.25, -0.2) is 0 Å². The normalized spacial score (nSPS) is 17.7. The summed E-state index contributed by atoms with van der Waals surface area (Å²) in [5, 5.41) is 11.1. The summed E-state index contributed by atoms with van der Waals surface area (Å²) in [4.78, 5) is 34.0. The first-order valence-electron chi connectivity index (χ1n) is 11.7. The van der Waals surface area contributed by atoms with Crippen molar-refractivity contribution < 1.29 is 19.4 Å². The Morgan fingerprint density at radius 1 is 1.12 bits per heavy atom. The second-order valence-electron chi connectivity index (χ2n) is 8.03. The molecule has 1 aromatic heterocycles. The fourth-order valence-corrected chi connectivity index (χ4v) is 3.98. The van der Waals surface area contributed by atoms with Crippen LogP contribution in [0.25, 0.3) is 5.76 Å². The number of aromatic nitrogens is 1. The molecule has 0 aliphatic carbocycles. The van der Waals surface area contributed by atoms with E-state index >= 15 is 0 Å². The molecule has 1 aliphatic rings. The highest BCUT2D eigenvalue weighted by atomic mass is 16.5. The zero-order chi connectivity index (χ0) is 23.8. The number of unbranched alkanes of at least 4 members (excludes halogenated alkanes) is 1. The van der Waals surface area contributed by atoms with Gasteiger partial charge in [-0.2, -0.15) is 0 Å². The van der Waals surface area contributed by atoms with E-state index in [1.165, 1.54) is 0 Å². The molecule has 0 saturated carbocycles. The second-order valence-corrected chi connectivity index (χ2v) is 8.03. The molecule has 7 nitrogen and oxygen atoms in total. The largest absolute Gasteiger partial charge is 0.507 e. The average Bonchev–Trinajstić information content (AvgIpc) is 3.10. The summed E-state index contributed by atoms with van der Waals surface area (Å²) in [5.41, 5.74) is 1.25. The molecule has 3 rings (SSSR count). The van der Waals surface area contributed by atoms with E-state index in [1.807, 2.05) is 6.07 Å². The molecule has 33 heavy (non-hydrogen) atoms. The Morgan fingerprint density at radius 2 is 1.85 bits per heavy atom. The number of ketones is 1. The Labute approximate surface area is 195 Å². The van der Waals surface area contributed by atoms with Crippen molar-refractivity contribution in [3.8, 4) is 5.75 Å². The van der Waals surface area contributed by atoms with Crippen LogP contribution in [-0.2, 0) is 9.59 Å². The molecule has 7 heteroatoms. The van der Waals surface area contributed by atoms with E-state index in [0.29, 0.717) is 36.6 Å². The lowest BCUT2D eigenvalue weighted by Gasteiger charge is -2.28. The van der Waals surface area contributed by atoms with Crippen LogP contribution in [0.3, 0.4) is 0 Å². The molecule has 1 aromatic carbocycles. The lowest BCUT2D eigenvalue weighted by Crippen LogP contribution is -2.38. The molecule has 0 spiro atoms. The van der Waals surface area contributed by atoms with E-state index in [9.17, 15) is 14.7 Å². The number of Topliss-reactive ketones (excluding diaryl/α,β-unsaturated/α-hetero) is 1. The predicted octanol–water partition coefficient (Wildman–Crippen LogP) is 4.02. The molecular weight excluding hydrogens is 418 g/mol. The maximum atomic E-state index is 13.1. The number of likely N-dealkylation sites (N-methyl/N-ethyl adjacent to an activating group) is 1. The van der Waals surface area contributed by atoms with Gasteiger partial charge in [-0.1, -0.05) is 33.3 Å². The summed E-state index contributed by atoms with van der Waals surface area (Å²) in [7, 11) is 0. The van der Waals surface area contributed by atoms with E-state index in [2.05, 4.69) is 30.7 Å². The molecular formula is C26H33N3O4. The van der Waals surface area contributed by atoms with Crippen LogP contribution in [0.15, 0.2) is 54.4 Å². The fourth-order valence-electron chi connectivity index (χ4n) is 3.98. The van der Waals surface area contributed by atoms with E-state index in [1.54, 1.807) is 47.6 Å². The molecule has 1 fully saturated rings. The third-order valence-electron chi connectivity index (χ3n) is 5.99. The van der Waals surface area contributed by atoms with Gasteiger partial charge in [0.1, 0.15) is 11.5 Å². The zero-order valence-corrected chi connectivity index (χ0v) is 19.7. The van der Waals surface area contributed by atoms with Gasteiger partial charge in [0.25, 0.3) is 11.7 Å². The smallest absolute Gasteiger partial charge is 0.295 e. The van der Waals surface area contributed by atoms with Gasteiger partial charge >= 0.3 is 0 Å². The standard InChI is InChI=1S/C26H33N3O4/c1-4-7-17-33-21-12-10-19(11-13-21)24(30)22-23(20-9-8-14-27-18-20)29(26(32)25(22)31)16-15-28(5-2)6-3/h8-14,18,23,30H,4-7,15-17H2,1-3H3/b24-22+/t23-/m1/s1. The van der Waals surface area contributed by atoms with Gasteiger partial charge < -0.3 is 19.6 Å². The Hall–Kier alpha value is -3.19. The van der Waals surface area contributed by atoms with Crippen molar-refractivity contribution in [3.05, 3.63) is 65.5 Å². The van der Waals surface area contributed by atoms with Crippen LogP contribution in [0.5, 0.6) is 5.75 Å². The minimum absolute atomic E-state index is 0.0900. The molecule has 1 aliphatic heterocycles. The van der Waals surface area contributed by atoms with Crippen LogP contribution in [0.1, 0.15) is 50.8 Å². The molecule has 0 bridgehead atoms. The van der Waals surface area contributed by atoms with Crippen LogP contribution >= 0.6 is 0 Å². The summed E-state index contributed by atoms with van der Waals surface area (Å²) in [6.45, 7) is 9.57. The van der Waals surface area contributed by atoms with Gasteiger partial charge in [-0.15, -0.1) is 0 Å². The monoisotopic (exact) mass is 451 g/mol. The zero-order valence-electron chi connectivity index (χ0n) is 19.7. The first-order valence-corrected chi connectivity index (χ1v) is 11.7. The number of pyridine rings is 1. The molecule has 1 atom stereocenters. The number of aliphatic hydroxyl groups excluding tert-OH is 1. The van der Waals surface area contributed by atoms with Crippen molar-refractivity contribution in [2.75, 3.05) is 32.8 Å². The third-order valence-corrected chi connectivity index (χ3v) is 5.99. The number of nitrogens with zero attached hydrogens (tertiary/aromatic N) is 3. The van der Waals surface area contributed by atoms with Gasteiger partial charge in [0.15, 0.2) is 0 Å². The lowest BCUT2D eigenvalue weighted by atomic mass is 9.96. The number of likely N-dealkylation sites (tertiary alicyclic amines) is 1. The van der Waals surface area contributed by atoms with Crippen molar-refractivity contribution in [2.24, 2.45) is 0 Å². The molecule has 1 saturated heterocycles. The number of carbonyl (C=O) groups is 2. The minimum Gasteiger partial charge on any atom is -0.507 e. The highest BCUT2D eigenvalue weighted by Gasteiger charge is 2.46. The summed E-state index contributed by atoms with van der Waals surface area (Å²) >= 11 is 0. The van der Waals surface area contributed by atoms with Crippen LogP contribution in [-0.4, -0.2) is 64.4 Å². The number of hydrogen-bond donors (Lipinski definition) is 1. The van der Waals surface area contributed by atoms with E-state index in [4.69, 9.17) is 4.74 Å². The topological polar surface area (TPSA) is 83.0 Å². The molecule has 1 amide bonds. The molecule has 2 heterocycles. The lowest BCUT2D eigenvalue weighted by molar-refractivity contribution is -0.140. The van der Waals surface area contributed by atoms with Crippen molar-refractivity contribution in [3.63, 3.8) is 0 Å². The SMILES string of the molecule is CCCCOc1ccc(/C(O)=C2\C(=O)C(=O)N(CCN(CC)CC)[C@@H]2c2cccnc2)cc1. The van der Waals surface area contributed by atoms with Gasteiger partial charge in [0.05, 0.1) is 18.2 Å². The molecule has 1 N–H and O–H groups in total. The molecule has 176 valence electrons. The summed E-state index contributed by atoms with van der Waals surface area (Å²) < 4.78 is 5.69. The van der Waals surface area contributed by atoms with Crippen LogP contribution in [0.2, 0.25) is 0 Å². The van der Waals surface area contributed by atoms with Crippen LogP contribution in [0.4, 0.5) is 0 Å². The average molecular weight is 452 g/mol. The Balaban J connectivity index is 1.96. The van der Waals surface area contributed by atoms with Gasteiger partial charge in [0, 0.05) is 31.0 Å². The van der Waals surface area contributed by atoms with Gasteiger partial charge in [-0.3, -0.25) is 14.6 Å². The van der Waals surface area contributed by atoms with Gasteiger partial charge in [-0.05, 0) is 55.4 Å². The second kappa shape index (κ2) is 11.6. The molecule has 0 radical (unpaired) electrons. The Kier molecular flexibility index (Phi) is 8.60. The quantitative estimate of drug-likeness (QED) is 0.240. The first kappa shape index (κ1) is 24.5. The van der Waals surface area contributed by atoms with E-state index in [-0.39, 0.29) is 11.3 Å². The summed E-state index contributed by atoms with van der Waals surface area (Å²) in [5.74, 6) is -0.766. The number of aliphatic hydroxyl groups is 1. The predicted molar refractivity (Wildman–Crippen MR) is 128 cm³/mol. The molecule has 2 aromatic rings. The number of ether oxygens (including phenoxy) is 1.